The number of aromatic nitrogens is 2. The Morgan fingerprint density at radius 2 is 1.76 bits per heavy atom. The van der Waals surface area contributed by atoms with Crippen molar-refractivity contribution in [2.75, 3.05) is 6.61 Å². The van der Waals surface area contributed by atoms with Crippen molar-refractivity contribution in [3.63, 3.8) is 0 Å². The summed E-state index contributed by atoms with van der Waals surface area (Å²) in [5.41, 5.74) is 3.39. The second-order valence-corrected chi connectivity index (χ2v) is 8.51. The predicted molar refractivity (Wildman–Crippen MR) is 132 cm³/mol. The van der Waals surface area contributed by atoms with Crippen LogP contribution in [0.5, 0.6) is 0 Å². The van der Waals surface area contributed by atoms with Crippen molar-refractivity contribution in [3.05, 3.63) is 106 Å². The number of ether oxygens (including phenoxy) is 1. The average Bonchev–Trinajstić information content (AvgIpc) is 3.22. The Morgan fingerprint density at radius 3 is 2.55 bits per heavy atom. The summed E-state index contributed by atoms with van der Waals surface area (Å²) in [6.07, 6.45) is 1.59. The molecule has 6 heteroatoms. The molecular formula is C27H19BrN2O3. The van der Waals surface area contributed by atoms with Gasteiger partial charge >= 0.3 is 5.97 Å². The monoisotopic (exact) mass is 498 g/mol. The second kappa shape index (κ2) is 8.64. The van der Waals surface area contributed by atoms with Crippen LogP contribution in [0.15, 0.2) is 89.7 Å². The molecule has 0 aliphatic rings. The first kappa shape index (κ1) is 21.1. The van der Waals surface area contributed by atoms with Gasteiger partial charge in [-0.1, -0.05) is 64.5 Å². The number of benzene rings is 3. The van der Waals surface area contributed by atoms with E-state index in [1.54, 1.807) is 29.8 Å². The zero-order valence-electron chi connectivity index (χ0n) is 17.8. The molecule has 0 aliphatic carbocycles. The quantitative estimate of drug-likeness (QED) is 0.210. The SMILES string of the molecule is CCOC(=O)c1cc(C(=O)c2ccc3ccccc3c2)n2cnc(-c3cccc(Br)c3)cc12. The van der Waals surface area contributed by atoms with Crippen molar-refractivity contribution >= 4 is 44.0 Å². The van der Waals surface area contributed by atoms with Gasteiger partial charge in [-0.2, -0.15) is 0 Å². The third-order valence-corrected chi connectivity index (χ3v) is 6.02. The zero-order chi connectivity index (χ0) is 22.9. The molecule has 2 aromatic heterocycles. The Kier molecular flexibility index (Phi) is 5.52. The number of hydrogen-bond donors (Lipinski definition) is 0. The van der Waals surface area contributed by atoms with Crippen LogP contribution in [-0.4, -0.2) is 27.7 Å². The molecule has 0 unspecified atom stereocenters. The van der Waals surface area contributed by atoms with Crippen LogP contribution in [0.3, 0.4) is 0 Å². The maximum absolute atomic E-state index is 13.5. The van der Waals surface area contributed by atoms with Gasteiger partial charge in [-0.3, -0.25) is 9.20 Å². The average molecular weight is 499 g/mol. The zero-order valence-corrected chi connectivity index (χ0v) is 19.4. The van der Waals surface area contributed by atoms with Crippen molar-refractivity contribution in [3.8, 4) is 11.3 Å². The van der Waals surface area contributed by atoms with E-state index in [9.17, 15) is 9.59 Å². The van der Waals surface area contributed by atoms with E-state index < -0.39 is 5.97 Å². The summed E-state index contributed by atoms with van der Waals surface area (Å²) in [6.45, 7) is 2.00. The van der Waals surface area contributed by atoms with Gasteiger partial charge in [0.1, 0.15) is 6.33 Å². The summed E-state index contributed by atoms with van der Waals surface area (Å²) in [4.78, 5) is 30.8. The number of ketones is 1. The van der Waals surface area contributed by atoms with E-state index >= 15 is 0 Å². The molecule has 3 aromatic carbocycles. The van der Waals surface area contributed by atoms with E-state index in [-0.39, 0.29) is 12.4 Å². The molecule has 5 aromatic rings. The van der Waals surface area contributed by atoms with Crippen LogP contribution in [0.25, 0.3) is 27.5 Å². The van der Waals surface area contributed by atoms with Crippen LogP contribution in [0.1, 0.15) is 33.3 Å². The number of carbonyl (C=O) groups is 2. The number of esters is 1. The molecule has 5 nitrogen and oxygen atoms in total. The van der Waals surface area contributed by atoms with Crippen molar-refractivity contribution < 1.29 is 14.3 Å². The lowest BCUT2D eigenvalue weighted by atomic mass is 10.0. The molecule has 0 saturated heterocycles. The minimum atomic E-state index is -0.473. The van der Waals surface area contributed by atoms with Gasteiger partial charge in [0.15, 0.2) is 0 Å². The largest absolute Gasteiger partial charge is 0.462 e. The van der Waals surface area contributed by atoms with Crippen molar-refractivity contribution in [1.29, 1.82) is 0 Å². The molecule has 0 N–H and O–H groups in total. The van der Waals surface area contributed by atoms with Gasteiger partial charge in [0.2, 0.25) is 5.78 Å². The van der Waals surface area contributed by atoms with Gasteiger partial charge in [0, 0.05) is 15.6 Å². The Bertz CT molecular complexity index is 1540. The first-order valence-corrected chi connectivity index (χ1v) is 11.3. The maximum Gasteiger partial charge on any atom is 0.340 e. The lowest BCUT2D eigenvalue weighted by Gasteiger charge is -2.07. The molecule has 162 valence electrons. The normalized spacial score (nSPS) is 11.1. The highest BCUT2D eigenvalue weighted by Gasteiger charge is 2.22. The topological polar surface area (TPSA) is 60.7 Å². The highest BCUT2D eigenvalue weighted by molar-refractivity contribution is 9.10. The summed E-state index contributed by atoms with van der Waals surface area (Å²) < 4.78 is 7.85. The van der Waals surface area contributed by atoms with Gasteiger partial charge < -0.3 is 4.74 Å². The first-order chi connectivity index (χ1) is 16.0. The van der Waals surface area contributed by atoms with Gasteiger partial charge in [0.25, 0.3) is 0 Å². The second-order valence-electron chi connectivity index (χ2n) is 7.59. The lowest BCUT2D eigenvalue weighted by molar-refractivity contribution is 0.0529. The van der Waals surface area contributed by atoms with E-state index in [2.05, 4.69) is 20.9 Å². The first-order valence-electron chi connectivity index (χ1n) is 10.5. The summed E-state index contributed by atoms with van der Waals surface area (Å²) in [7, 11) is 0. The van der Waals surface area contributed by atoms with Crippen LogP contribution in [0.4, 0.5) is 0 Å². The Morgan fingerprint density at radius 1 is 0.939 bits per heavy atom. The summed E-state index contributed by atoms with van der Waals surface area (Å²) in [6, 6.07) is 24.6. The molecule has 0 radical (unpaired) electrons. The van der Waals surface area contributed by atoms with Crippen LogP contribution < -0.4 is 0 Å². The summed E-state index contributed by atoms with van der Waals surface area (Å²) >= 11 is 3.48. The molecule has 0 spiro atoms. The van der Waals surface area contributed by atoms with Crippen molar-refractivity contribution in [2.24, 2.45) is 0 Å². The van der Waals surface area contributed by atoms with E-state index in [0.29, 0.717) is 28.0 Å². The van der Waals surface area contributed by atoms with E-state index in [1.807, 2.05) is 66.7 Å². The molecule has 0 atom stereocenters. The highest BCUT2D eigenvalue weighted by Crippen LogP contribution is 2.27. The van der Waals surface area contributed by atoms with Gasteiger partial charge in [-0.15, -0.1) is 0 Å². The van der Waals surface area contributed by atoms with Gasteiger partial charge in [0.05, 0.1) is 29.1 Å². The summed E-state index contributed by atoms with van der Waals surface area (Å²) in [5.74, 6) is -0.665. The third kappa shape index (κ3) is 3.94. The fourth-order valence-corrected chi connectivity index (χ4v) is 4.33. The molecular weight excluding hydrogens is 480 g/mol. The van der Waals surface area contributed by atoms with Crippen molar-refractivity contribution in [2.45, 2.75) is 6.92 Å². The third-order valence-electron chi connectivity index (χ3n) is 5.52. The van der Waals surface area contributed by atoms with E-state index in [1.165, 1.54) is 0 Å². The number of nitrogens with zero attached hydrogens (tertiary/aromatic N) is 2. The highest BCUT2D eigenvalue weighted by atomic mass is 79.9. The van der Waals surface area contributed by atoms with Crippen molar-refractivity contribution in [1.82, 2.24) is 9.38 Å². The molecule has 0 aliphatic heterocycles. The predicted octanol–water partition coefficient (Wildman–Crippen LogP) is 6.32. The van der Waals surface area contributed by atoms with Gasteiger partial charge in [-0.25, -0.2) is 9.78 Å². The molecule has 0 bridgehead atoms. The standard InChI is InChI=1S/C27H19BrN2O3/c1-2-33-27(32)22-14-25(26(31)20-11-10-17-6-3-4-7-18(17)12-20)30-16-29-23(15-24(22)30)19-8-5-9-21(28)13-19/h3-16H,2H2,1H3. The smallest absolute Gasteiger partial charge is 0.340 e. The minimum absolute atomic E-state index is 0.191. The fraction of sp³-hybridized carbons (Fsp3) is 0.0741. The Labute approximate surface area is 198 Å². The number of halogens is 1. The number of rotatable bonds is 5. The van der Waals surface area contributed by atoms with Crippen LogP contribution >= 0.6 is 15.9 Å². The summed E-state index contributed by atoms with van der Waals surface area (Å²) in [5, 5.41) is 2.03. The number of fused-ring (bicyclic) bond motifs is 2. The molecule has 0 amide bonds. The molecule has 5 rings (SSSR count). The van der Waals surface area contributed by atoms with Gasteiger partial charge in [-0.05, 0) is 48.0 Å². The number of hydrogen-bond acceptors (Lipinski definition) is 4. The van der Waals surface area contributed by atoms with Crippen LogP contribution in [0.2, 0.25) is 0 Å². The fourth-order valence-electron chi connectivity index (χ4n) is 3.93. The molecule has 0 saturated carbocycles. The van der Waals surface area contributed by atoms with E-state index in [4.69, 9.17) is 4.74 Å². The molecule has 0 fully saturated rings. The Balaban J connectivity index is 1.66. The van der Waals surface area contributed by atoms with Crippen LogP contribution in [0, 0.1) is 0 Å². The molecule has 33 heavy (non-hydrogen) atoms. The number of carbonyl (C=O) groups excluding carboxylic acids is 2. The van der Waals surface area contributed by atoms with E-state index in [0.717, 1.165) is 20.8 Å². The maximum atomic E-state index is 13.5. The molecule has 2 heterocycles. The van der Waals surface area contributed by atoms with Crippen LogP contribution in [-0.2, 0) is 4.74 Å². The lowest BCUT2D eigenvalue weighted by Crippen LogP contribution is -2.05. The minimum Gasteiger partial charge on any atom is -0.462 e. The Hall–Kier alpha value is -3.77.